The first kappa shape index (κ1) is 15.0. The van der Waals surface area contributed by atoms with E-state index in [1.165, 1.54) is 17.4 Å². The van der Waals surface area contributed by atoms with Gasteiger partial charge in [0, 0.05) is 10.5 Å². The molecule has 0 spiro atoms. The number of benzene rings is 1. The highest BCUT2D eigenvalue weighted by Crippen LogP contribution is 2.31. The summed E-state index contributed by atoms with van der Waals surface area (Å²) in [7, 11) is 0. The number of hydrogen-bond acceptors (Lipinski definition) is 3. The van der Waals surface area contributed by atoms with Crippen LogP contribution in [0.1, 0.15) is 9.67 Å². The molecule has 0 unspecified atom stereocenters. The molecule has 2 aromatic rings. The summed E-state index contributed by atoms with van der Waals surface area (Å²) >= 11 is 13.4. The standard InChI is InChI=1S/C12H6Br2ClFO2S/c13-6-1-2-19-12(6)10(17)5-18-11-4-9(16)8(15)3-7(11)14/h1-4H,5H2. The van der Waals surface area contributed by atoms with Crippen LogP contribution in [0.5, 0.6) is 5.75 Å². The predicted octanol–water partition coefficient (Wildman–Crippen LogP) is 5.33. The van der Waals surface area contributed by atoms with Gasteiger partial charge >= 0.3 is 0 Å². The van der Waals surface area contributed by atoms with E-state index in [4.69, 9.17) is 16.3 Å². The van der Waals surface area contributed by atoms with E-state index in [0.29, 0.717) is 9.35 Å². The van der Waals surface area contributed by atoms with E-state index in [1.54, 1.807) is 11.4 Å². The van der Waals surface area contributed by atoms with Crippen LogP contribution in [0.25, 0.3) is 0 Å². The summed E-state index contributed by atoms with van der Waals surface area (Å²) in [6, 6.07) is 4.32. The molecule has 0 N–H and O–H groups in total. The molecular weight excluding hydrogens is 422 g/mol. The SMILES string of the molecule is O=C(COc1cc(F)c(Cl)cc1Br)c1sccc1Br. The zero-order chi connectivity index (χ0) is 14.0. The van der Waals surface area contributed by atoms with E-state index >= 15 is 0 Å². The summed E-state index contributed by atoms with van der Waals surface area (Å²) in [4.78, 5) is 12.5. The molecule has 0 bridgehead atoms. The molecule has 2 nitrogen and oxygen atoms in total. The van der Waals surface area contributed by atoms with Crippen LogP contribution >= 0.6 is 54.8 Å². The maximum atomic E-state index is 13.3. The Kier molecular flexibility index (Phi) is 5.00. The first-order valence-corrected chi connectivity index (χ1v) is 7.87. The Morgan fingerprint density at radius 3 is 2.74 bits per heavy atom. The molecule has 100 valence electrons. The fraction of sp³-hybridized carbons (Fsp3) is 0.0833. The molecule has 0 saturated carbocycles. The average molecular weight is 429 g/mol. The van der Waals surface area contributed by atoms with Crippen molar-refractivity contribution in [2.24, 2.45) is 0 Å². The van der Waals surface area contributed by atoms with Crippen molar-refractivity contribution < 1.29 is 13.9 Å². The Bertz CT molecular complexity index is 630. The molecule has 0 amide bonds. The molecule has 0 saturated heterocycles. The quantitative estimate of drug-likeness (QED) is 0.486. The molecule has 1 aromatic carbocycles. The first-order chi connectivity index (χ1) is 8.99. The van der Waals surface area contributed by atoms with Gasteiger partial charge in [0.05, 0.1) is 14.4 Å². The van der Waals surface area contributed by atoms with Crippen molar-refractivity contribution in [2.75, 3.05) is 6.61 Å². The fourth-order valence-electron chi connectivity index (χ4n) is 1.32. The molecule has 0 atom stereocenters. The lowest BCUT2D eigenvalue weighted by Crippen LogP contribution is -2.11. The van der Waals surface area contributed by atoms with E-state index in [2.05, 4.69) is 31.9 Å². The van der Waals surface area contributed by atoms with Gasteiger partial charge in [0.25, 0.3) is 0 Å². The highest BCUT2D eigenvalue weighted by molar-refractivity contribution is 9.11. The third-order valence-electron chi connectivity index (χ3n) is 2.20. The zero-order valence-electron chi connectivity index (χ0n) is 9.25. The fourth-order valence-corrected chi connectivity index (χ4v) is 3.59. The lowest BCUT2D eigenvalue weighted by atomic mass is 10.3. The van der Waals surface area contributed by atoms with Crippen LogP contribution in [0.15, 0.2) is 32.5 Å². The second kappa shape index (κ2) is 6.35. The Morgan fingerprint density at radius 2 is 2.11 bits per heavy atom. The highest BCUT2D eigenvalue weighted by Gasteiger charge is 2.14. The number of carbonyl (C=O) groups is 1. The van der Waals surface area contributed by atoms with Crippen molar-refractivity contribution in [1.82, 2.24) is 0 Å². The zero-order valence-corrected chi connectivity index (χ0v) is 14.0. The number of carbonyl (C=O) groups excluding carboxylic acids is 1. The van der Waals surface area contributed by atoms with Crippen molar-refractivity contribution in [2.45, 2.75) is 0 Å². The van der Waals surface area contributed by atoms with Crippen molar-refractivity contribution in [3.05, 3.63) is 48.2 Å². The first-order valence-electron chi connectivity index (χ1n) is 5.02. The van der Waals surface area contributed by atoms with Gasteiger partial charge in [-0.2, -0.15) is 0 Å². The summed E-state index contributed by atoms with van der Waals surface area (Å²) in [5.74, 6) is -0.531. The van der Waals surface area contributed by atoms with Gasteiger partial charge in [0.1, 0.15) is 11.6 Å². The van der Waals surface area contributed by atoms with Crippen LogP contribution in [-0.4, -0.2) is 12.4 Å². The summed E-state index contributed by atoms with van der Waals surface area (Å²) in [6.07, 6.45) is 0. The summed E-state index contributed by atoms with van der Waals surface area (Å²) in [6.45, 7) is -0.168. The number of Topliss-reactive ketones (excluding diaryl/α,β-unsaturated/α-hetero) is 1. The van der Waals surface area contributed by atoms with Gasteiger partial charge in [-0.15, -0.1) is 11.3 Å². The minimum atomic E-state index is -0.593. The molecule has 1 aromatic heterocycles. The van der Waals surface area contributed by atoms with Gasteiger partial charge in [0.15, 0.2) is 6.61 Å². The lowest BCUT2D eigenvalue weighted by Gasteiger charge is -2.08. The molecule has 0 radical (unpaired) electrons. The normalized spacial score (nSPS) is 10.5. The van der Waals surface area contributed by atoms with Crippen LogP contribution in [0, 0.1) is 5.82 Å². The molecule has 0 aliphatic carbocycles. The minimum Gasteiger partial charge on any atom is -0.484 e. The van der Waals surface area contributed by atoms with Gasteiger partial charge in [0.2, 0.25) is 5.78 Å². The Hall–Kier alpha value is -0.430. The van der Waals surface area contributed by atoms with Gasteiger partial charge in [-0.3, -0.25) is 4.79 Å². The number of hydrogen-bond donors (Lipinski definition) is 0. The predicted molar refractivity (Wildman–Crippen MR) is 81.0 cm³/mol. The maximum absolute atomic E-state index is 13.3. The molecule has 0 aliphatic heterocycles. The van der Waals surface area contributed by atoms with E-state index in [0.717, 1.165) is 10.5 Å². The van der Waals surface area contributed by atoms with Crippen LogP contribution in [0.4, 0.5) is 4.39 Å². The van der Waals surface area contributed by atoms with Gasteiger partial charge < -0.3 is 4.74 Å². The van der Waals surface area contributed by atoms with Crippen molar-refractivity contribution in [1.29, 1.82) is 0 Å². The van der Waals surface area contributed by atoms with Crippen molar-refractivity contribution in [3.8, 4) is 5.75 Å². The highest BCUT2D eigenvalue weighted by atomic mass is 79.9. The van der Waals surface area contributed by atoms with Gasteiger partial charge in [-0.05, 0) is 49.4 Å². The van der Waals surface area contributed by atoms with E-state index in [1.807, 2.05) is 0 Å². The third-order valence-corrected chi connectivity index (χ3v) is 4.99. The van der Waals surface area contributed by atoms with Crippen LogP contribution in [-0.2, 0) is 0 Å². The van der Waals surface area contributed by atoms with Crippen molar-refractivity contribution >= 4 is 60.6 Å². The Morgan fingerprint density at radius 1 is 1.37 bits per heavy atom. The summed E-state index contributed by atoms with van der Waals surface area (Å²) < 4.78 is 19.8. The second-order valence-electron chi connectivity index (χ2n) is 3.51. The lowest BCUT2D eigenvalue weighted by molar-refractivity contribution is 0.0924. The van der Waals surface area contributed by atoms with Gasteiger partial charge in [-0.25, -0.2) is 4.39 Å². The molecular formula is C12H6Br2ClFO2S. The van der Waals surface area contributed by atoms with Crippen LogP contribution in [0.3, 0.4) is 0 Å². The topological polar surface area (TPSA) is 26.3 Å². The second-order valence-corrected chi connectivity index (χ2v) is 6.54. The van der Waals surface area contributed by atoms with Gasteiger partial charge in [-0.1, -0.05) is 11.6 Å². The molecule has 1 heterocycles. The van der Waals surface area contributed by atoms with E-state index in [9.17, 15) is 9.18 Å². The Labute approximate surface area is 134 Å². The number of ether oxygens (including phenoxy) is 1. The van der Waals surface area contributed by atoms with E-state index < -0.39 is 5.82 Å². The number of halogens is 4. The Balaban J connectivity index is 2.09. The molecule has 0 fully saturated rings. The van der Waals surface area contributed by atoms with Crippen LogP contribution < -0.4 is 4.74 Å². The maximum Gasteiger partial charge on any atom is 0.211 e. The van der Waals surface area contributed by atoms with Crippen LogP contribution in [0.2, 0.25) is 5.02 Å². The largest absolute Gasteiger partial charge is 0.484 e. The number of rotatable bonds is 4. The molecule has 0 aliphatic rings. The van der Waals surface area contributed by atoms with Crippen molar-refractivity contribution in [3.63, 3.8) is 0 Å². The number of ketones is 1. The average Bonchev–Trinajstić information content (AvgIpc) is 2.78. The number of thiophene rings is 1. The smallest absolute Gasteiger partial charge is 0.211 e. The monoisotopic (exact) mass is 426 g/mol. The third kappa shape index (κ3) is 3.56. The van der Waals surface area contributed by atoms with E-state index in [-0.39, 0.29) is 23.2 Å². The molecule has 7 heteroatoms. The molecule has 19 heavy (non-hydrogen) atoms. The minimum absolute atomic E-state index is 0.00782. The molecule has 2 rings (SSSR count). The summed E-state index contributed by atoms with van der Waals surface area (Å²) in [5, 5.41) is 1.79. The summed E-state index contributed by atoms with van der Waals surface area (Å²) in [5.41, 5.74) is 0.